The van der Waals surface area contributed by atoms with Crippen molar-refractivity contribution >= 4 is 34.3 Å². The number of halogens is 2. The summed E-state index contributed by atoms with van der Waals surface area (Å²) in [7, 11) is 0. The minimum Gasteiger partial charge on any atom is -0.311 e. The summed E-state index contributed by atoms with van der Waals surface area (Å²) in [6.07, 6.45) is 1.42. The number of pyridine rings is 1. The Hall–Kier alpha value is -0.800. The van der Waals surface area contributed by atoms with Gasteiger partial charge >= 0.3 is 5.37 Å². The average molecular weight is 191 g/mol. The molecule has 1 aromatic rings. The van der Waals surface area contributed by atoms with Crippen LogP contribution in [0.4, 0.5) is 10.5 Å². The van der Waals surface area contributed by atoms with Crippen LogP contribution in [0.1, 0.15) is 0 Å². The fraction of sp³-hybridized carbons (Fsp3) is 0. The van der Waals surface area contributed by atoms with Gasteiger partial charge in [0.05, 0.1) is 11.9 Å². The monoisotopic (exact) mass is 190 g/mol. The van der Waals surface area contributed by atoms with Crippen LogP contribution in [0.25, 0.3) is 0 Å². The first-order chi connectivity index (χ1) is 5.18. The third-order valence-electron chi connectivity index (χ3n) is 0.970. The van der Waals surface area contributed by atoms with Crippen LogP contribution in [-0.2, 0) is 0 Å². The standard InChI is InChI=1S/C6H4Cl2N2O/c7-5-2-1-4(3-9-5)10-6(8)11/h1-3H,(H,10,11). The highest BCUT2D eigenvalue weighted by molar-refractivity contribution is 6.65. The number of aromatic nitrogens is 1. The van der Waals surface area contributed by atoms with Crippen LogP contribution >= 0.6 is 23.2 Å². The van der Waals surface area contributed by atoms with Crippen LogP contribution in [0, 0.1) is 0 Å². The van der Waals surface area contributed by atoms with Crippen molar-refractivity contribution < 1.29 is 4.79 Å². The number of nitrogens with zero attached hydrogens (tertiary/aromatic N) is 1. The number of hydrogen-bond acceptors (Lipinski definition) is 2. The van der Waals surface area contributed by atoms with Crippen LogP contribution < -0.4 is 5.32 Å². The Bertz CT molecular complexity index is 260. The van der Waals surface area contributed by atoms with E-state index in [0.29, 0.717) is 10.8 Å². The second kappa shape index (κ2) is 3.55. The molecule has 0 aliphatic heterocycles. The summed E-state index contributed by atoms with van der Waals surface area (Å²) in [6.45, 7) is 0. The Morgan fingerprint density at radius 2 is 2.27 bits per heavy atom. The molecule has 5 heteroatoms. The van der Waals surface area contributed by atoms with Gasteiger partial charge in [-0.2, -0.15) is 0 Å². The predicted octanol–water partition coefficient (Wildman–Crippen LogP) is 2.51. The molecule has 0 aromatic carbocycles. The number of carbonyl (C=O) groups excluding carboxylic acids is 1. The predicted molar refractivity (Wildman–Crippen MR) is 44.1 cm³/mol. The Morgan fingerprint density at radius 3 is 2.73 bits per heavy atom. The van der Waals surface area contributed by atoms with E-state index in [-0.39, 0.29) is 0 Å². The van der Waals surface area contributed by atoms with Crippen LogP contribution in [0.15, 0.2) is 18.3 Å². The van der Waals surface area contributed by atoms with Crippen molar-refractivity contribution in [1.29, 1.82) is 0 Å². The first-order valence-electron chi connectivity index (χ1n) is 2.76. The van der Waals surface area contributed by atoms with E-state index in [1.165, 1.54) is 6.20 Å². The van der Waals surface area contributed by atoms with E-state index in [1.807, 2.05) is 0 Å². The van der Waals surface area contributed by atoms with E-state index in [1.54, 1.807) is 12.1 Å². The molecule has 0 radical (unpaired) electrons. The van der Waals surface area contributed by atoms with E-state index >= 15 is 0 Å². The average Bonchev–Trinajstić information content (AvgIpc) is 1.93. The summed E-state index contributed by atoms with van der Waals surface area (Å²) in [4.78, 5) is 14.0. The normalized spacial score (nSPS) is 9.27. The number of amides is 1. The van der Waals surface area contributed by atoms with Crippen molar-refractivity contribution in [3.05, 3.63) is 23.5 Å². The number of nitrogens with one attached hydrogen (secondary N) is 1. The summed E-state index contributed by atoms with van der Waals surface area (Å²) >= 11 is 10.5. The molecule has 0 unspecified atom stereocenters. The molecule has 1 amide bonds. The lowest BCUT2D eigenvalue weighted by atomic mass is 10.4. The van der Waals surface area contributed by atoms with E-state index < -0.39 is 5.37 Å². The largest absolute Gasteiger partial charge is 0.318 e. The second-order valence-electron chi connectivity index (χ2n) is 1.77. The fourth-order valence-electron chi connectivity index (χ4n) is 0.563. The van der Waals surface area contributed by atoms with E-state index in [9.17, 15) is 4.79 Å². The van der Waals surface area contributed by atoms with E-state index in [4.69, 9.17) is 23.2 Å². The summed E-state index contributed by atoms with van der Waals surface area (Å²) in [5.74, 6) is 0. The number of carbonyl (C=O) groups is 1. The zero-order valence-corrected chi connectivity index (χ0v) is 6.86. The second-order valence-corrected chi connectivity index (χ2v) is 2.50. The van der Waals surface area contributed by atoms with Crippen molar-refractivity contribution in [3.8, 4) is 0 Å². The highest BCUT2D eigenvalue weighted by Gasteiger charge is 1.96. The molecule has 1 aromatic heterocycles. The summed E-state index contributed by atoms with van der Waals surface area (Å²) in [5.41, 5.74) is 0.523. The zero-order valence-electron chi connectivity index (χ0n) is 5.34. The Balaban J connectivity index is 2.74. The highest BCUT2D eigenvalue weighted by atomic mass is 35.5. The third kappa shape index (κ3) is 2.74. The van der Waals surface area contributed by atoms with Crippen molar-refractivity contribution in [1.82, 2.24) is 4.98 Å². The van der Waals surface area contributed by atoms with Gasteiger partial charge < -0.3 is 5.32 Å². The molecular weight excluding hydrogens is 187 g/mol. The Kier molecular flexibility index (Phi) is 2.68. The molecule has 0 spiro atoms. The van der Waals surface area contributed by atoms with Gasteiger partial charge in [-0.1, -0.05) is 11.6 Å². The fourth-order valence-corrected chi connectivity index (χ4v) is 0.784. The lowest BCUT2D eigenvalue weighted by Crippen LogP contribution is -2.00. The molecule has 11 heavy (non-hydrogen) atoms. The molecule has 1 rings (SSSR count). The maximum absolute atomic E-state index is 10.3. The van der Waals surface area contributed by atoms with Crippen molar-refractivity contribution in [2.24, 2.45) is 0 Å². The van der Waals surface area contributed by atoms with Gasteiger partial charge in [0.25, 0.3) is 0 Å². The van der Waals surface area contributed by atoms with Gasteiger partial charge in [0.15, 0.2) is 0 Å². The SMILES string of the molecule is O=C(Cl)Nc1ccc(Cl)nc1. The van der Waals surface area contributed by atoms with Crippen LogP contribution in [-0.4, -0.2) is 10.4 Å². The maximum Gasteiger partial charge on any atom is 0.318 e. The molecular formula is C6H4Cl2N2O. The highest BCUT2D eigenvalue weighted by Crippen LogP contribution is 2.09. The van der Waals surface area contributed by atoms with Gasteiger partial charge in [-0.3, -0.25) is 4.79 Å². The first-order valence-corrected chi connectivity index (χ1v) is 3.52. The zero-order chi connectivity index (χ0) is 8.27. The molecule has 0 aliphatic rings. The third-order valence-corrected chi connectivity index (χ3v) is 1.29. The molecule has 3 nitrogen and oxygen atoms in total. The summed E-state index contributed by atoms with van der Waals surface area (Å²) in [5, 5.41) is 2.07. The topological polar surface area (TPSA) is 42.0 Å². The first kappa shape index (κ1) is 8.30. The molecule has 58 valence electrons. The molecule has 1 heterocycles. The molecule has 0 saturated carbocycles. The van der Waals surface area contributed by atoms with Crippen molar-refractivity contribution in [2.45, 2.75) is 0 Å². The lowest BCUT2D eigenvalue weighted by Gasteiger charge is -1.97. The van der Waals surface area contributed by atoms with E-state index in [2.05, 4.69) is 10.3 Å². The Morgan fingerprint density at radius 1 is 1.55 bits per heavy atom. The number of rotatable bonds is 1. The quantitative estimate of drug-likeness (QED) is 0.421. The molecule has 0 aliphatic carbocycles. The maximum atomic E-state index is 10.3. The van der Waals surface area contributed by atoms with Gasteiger partial charge in [0, 0.05) is 0 Å². The van der Waals surface area contributed by atoms with Gasteiger partial charge in [-0.15, -0.1) is 0 Å². The van der Waals surface area contributed by atoms with Gasteiger partial charge in [-0.25, -0.2) is 4.98 Å². The smallest absolute Gasteiger partial charge is 0.311 e. The number of hydrogen-bond donors (Lipinski definition) is 1. The van der Waals surface area contributed by atoms with E-state index in [0.717, 1.165) is 0 Å². The molecule has 1 N–H and O–H groups in total. The molecule has 0 atom stereocenters. The molecule has 0 bridgehead atoms. The summed E-state index contributed by atoms with van der Waals surface area (Å²) < 4.78 is 0. The van der Waals surface area contributed by atoms with Crippen LogP contribution in [0.5, 0.6) is 0 Å². The van der Waals surface area contributed by atoms with Crippen LogP contribution in [0.3, 0.4) is 0 Å². The number of anilines is 1. The minimum absolute atomic E-state index is 0.373. The van der Waals surface area contributed by atoms with Crippen molar-refractivity contribution in [3.63, 3.8) is 0 Å². The van der Waals surface area contributed by atoms with Gasteiger partial charge in [0.2, 0.25) is 0 Å². The van der Waals surface area contributed by atoms with Gasteiger partial charge in [-0.05, 0) is 23.7 Å². The van der Waals surface area contributed by atoms with Gasteiger partial charge in [0.1, 0.15) is 5.15 Å². The lowest BCUT2D eigenvalue weighted by molar-refractivity contribution is 0.269. The Labute approximate surface area is 73.3 Å². The molecule has 0 saturated heterocycles. The van der Waals surface area contributed by atoms with Crippen molar-refractivity contribution in [2.75, 3.05) is 5.32 Å². The summed E-state index contributed by atoms with van der Waals surface area (Å²) in [6, 6.07) is 3.17. The van der Waals surface area contributed by atoms with Crippen LogP contribution in [0.2, 0.25) is 5.15 Å². The minimum atomic E-state index is -0.644. The molecule has 0 fully saturated rings.